The van der Waals surface area contributed by atoms with Gasteiger partial charge in [0, 0.05) is 12.6 Å². The third kappa shape index (κ3) is 13.4. The number of likely N-dealkylation sites (tertiary alicyclic amines) is 1. The molecule has 10 heteroatoms. The van der Waals surface area contributed by atoms with E-state index < -0.39 is 11.7 Å². The fourth-order valence-corrected chi connectivity index (χ4v) is 3.16. The van der Waals surface area contributed by atoms with Crippen molar-refractivity contribution in [1.82, 2.24) is 10.2 Å². The van der Waals surface area contributed by atoms with E-state index in [1.54, 1.807) is 4.90 Å². The van der Waals surface area contributed by atoms with Crippen LogP contribution < -0.4 is 5.32 Å². The molecule has 2 heterocycles. The fourth-order valence-electron chi connectivity index (χ4n) is 3.16. The van der Waals surface area contributed by atoms with Gasteiger partial charge in [0.05, 0.1) is 18.8 Å². The maximum atomic E-state index is 12.2. The number of nitrogens with zero attached hydrogens (tertiary/aromatic N) is 1. The summed E-state index contributed by atoms with van der Waals surface area (Å²) >= 11 is 0. The Morgan fingerprint density at radius 3 is 2.06 bits per heavy atom. The molecule has 0 aromatic heterocycles. The molecule has 178 valence electrons. The lowest BCUT2D eigenvalue weighted by atomic mass is 10.0. The number of ether oxygens (including phenoxy) is 1. The summed E-state index contributed by atoms with van der Waals surface area (Å²) in [6, 6.07) is 10.0. The third-order valence-electron chi connectivity index (χ3n) is 4.37. The predicted octanol–water partition coefficient (Wildman–Crippen LogP) is 0.773. The first kappa shape index (κ1) is 29.1. The van der Waals surface area contributed by atoms with Gasteiger partial charge in [-0.1, -0.05) is 30.3 Å². The van der Waals surface area contributed by atoms with Gasteiger partial charge in [0.1, 0.15) is 5.60 Å². The third-order valence-corrected chi connectivity index (χ3v) is 4.37. The predicted molar refractivity (Wildman–Crippen MR) is 111 cm³/mol. The maximum Gasteiger partial charge on any atom is 0.410 e. The van der Waals surface area contributed by atoms with Crippen LogP contribution in [-0.2, 0) is 30.3 Å². The largest absolute Gasteiger partial charge is 0.444 e. The first-order valence-corrected chi connectivity index (χ1v) is 10.2. The summed E-state index contributed by atoms with van der Waals surface area (Å²) in [6.45, 7) is 7.68. The van der Waals surface area contributed by atoms with Crippen molar-refractivity contribution in [3.63, 3.8) is 0 Å². The highest BCUT2D eigenvalue weighted by Gasteiger charge is 2.36. The number of hydrogen-bond acceptors (Lipinski definition) is 9. The summed E-state index contributed by atoms with van der Waals surface area (Å²) in [5.74, 6) is 0. The van der Waals surface area contributed by atoms with Gasteiger partial charge in [-0.05, 0) is 52.1 Å². The molecule has 0 bridgehead atoms. The molecule has 3 N–H and O–H groups in total. The number of aliphatic hydroxyl groups excluding tert-OH is 2. The molecule has 3 atom stereocenters. The van der Waals surface area contributed by atoms with Gasteiger partial charge in [0.25, 0.3) is 0 Å². The van der Waals surface area contributed by atoms with Crippen LogP contribution in [0.15, 0.2) is 30.3 Å². The van der Waals surface area contributed by atoms with Crippen molar-refractivity contribution < 1.29 is 38.9 Å². The smallest absolute Gasteiger partial charge is 0.410 e. The zero-order valence-corrected chi connectivity index (χ0v) is 18.7. The normalized spacial score (nSPS) is 21.3. The van der Waals surface area contributed by atoms with Crippen LogP contribution in [0.25, 0.3) is 0 Å². The van der Waals surface area contributed by atoms with E-state index in [1.165, 1.54) is 5.56 Å². The van der Waals surface area contributed by atoms with Crippen molar-refractivity contribution in [2.24, 2.45) is 0 Å². The summed E-state index contributed by atoms with van der Waals surface area (Å²) < 4.78 is 5.41. The SMILES string of the molecule is CC(C)(C)OC(=O)N1C[C@@H](O)C[C@@H]1Cc1ccccc1.O=C=O.O=C=O.O[C@@H]1CCNC1. The topological polar surface area (TPSA) is 150 Å². The Balaban J connectivity index is 0.000000657. The van der Waals surface area contributed by atoms with Crippen LogP contribution >= 0.6 is 0 Å². The van der Waals surface area contributed by atoms with E-state index in [-0.39, 0.29) is 30.5 Å². The van der Waals surface area contributed by atoms with Crippen molar-refractivity contribution in [3.05, 3.63) is 35.9 Å². The Morgan fingerprint density at radius 2 is 1.66 bits per heavy atom. The fraction of sp³-hybridized carbons (Fsp3) is 0.591. The Hall–Kier alpha value is -2.87. The van der Waals surface area contributed by atoms with Crippen LogP contribution in [0.1, 0.15) is 39.2 Å². The highest BCUT2D eigenvalue weighted by atomic mass is 16.6. The average molecular weight is 453 g/mol. The van der Waals surface area contributed by atoms with Crippen molar-refractivity contribution in [3.8, 4) is 0 Å². The summed E-state index contributed by atoms with van der Waals surface area (Å²) in [7, 11) is 0. The Kier molecular flexibility index (Phi) is 14.4. The monoisotopic (exact) mass is 452 g/mol. The average Bonchev–Trinajstić information content (AvgIpc) is 3.32. The quantitative estimate of drug-likeness (QED) is 0.591. The van der Waals surface area contributed by atoms with Gasteiger partial charge in [-0.25, -0.2) is 4.79 Å². The number of aliphatic hydroxyl groups is 2. The highest BCUT2D eigenvalue weighted by molar-refractivity contribution is 5.69. The molecule has 2 saturated heterocycles. The van der Waals surface area contributed by atoms with Gasteiger partial charge < -0.3 is 25.2 Å². The van der Waals surface area contributed by atoms with E-state index in [9.17, 15) is 9.90 Å². The Labute approximate surface area is 187 Å². The number of rotatable bonds is 2. The van der Waals surface area contributed by atoms with E-state index >= 15 is 0 Å². The van der Waals surface area contributed by atoms with Crippen molar-refractivity contribution in [1.29, 1.82) is 0 Å². The van der Waals surface area contributed by atoms with Gasteiger partial charge in [-0.15, -0.1) is 0 Å². The first-order chi connectivity index (χ1) is 15.1. The van der Waals surface area contributed by atoms with Gasteiger partial charge in [-0.2, -0.15) is 19.2 Å². The molecule has 0 saturated carbocycles. The molecule has 1 aromatic rings. The number of nitrogens with one attached hydrogen (secondary N) is 1. The number of hydrogen-bond donors (Lipinski definition) is 3. The van der Waals surface area contributed by atoms with Crippen LogP contribution in [0.5, 0.6) is 0 Å². The molecular formula is C22H32N2O8. The number of benzene rings is 1. The molecule has 3 rings (SSSR count). The minimum Gasteiger partial charge on any atom is -0.444 e. The van der Waals surface area contributed by atoms with E-state index in [2.05, 4.69) is 5.32 Å². The number of amides is 1. The molecule has 0 unspecified atom stereocenters. The summed E-state index contributed by atoms with van der Waals surface area (Å²) in [5.41, 5.74) is 0.655. The molecule has 32 heavy (non-hydrogen) atoms. The number of carbonyl (C=O) groups is 1. The number of carbonyl (C=O) groups excluding carboxylic acids is 5. The van der Waals surface area contributed by atoms with E-state index in [4.69, 9.17) is 29.0 Å². The lowest BCUT2D eigenvalue weighted by Crippen LogP contribution is -2.41. The minimum absolute atomic E-state index is 0.00208. The molecule has 0 radical (unpaired) electrons. The molecule has 2 aliphatic rings. The lowest BCUT2D eigenvalue weighted by molar-refractivity contribution is -0.193. The molecule has 2 fully saturated rings. The lowest BCUT2D eigenvalue weighted by Gasteiger charge is -2.28. The molecule has 1 amide bonds. The van der Waals surface area contributed by atoms with Gasteiger partial charge in [-0.3, -0.25) is 0 Å². The second kappa shape index (κ2) is 15.9. The first-order valence-electron chi connectivity index (χ1n) is 10.2. The molecule has 0 spiro atoms. The van der Waals surface area contributed by atoms with Crippen molar-refractivity contribution >= 4 is 18.4 Å². The van der Waals surface area contributed by atoms with Crippen molar-refractivity contribution in [2.75, 3.05) is 19.6 Å². The summed E-state index contributed by atoms with van der Waals surface area (Å²) in [6.07, 6.45) is 1.92. The number of β-amino-alcohol motifs (C(OH)–C–C–N with tert-alkyl or cyclic N) is 2. The molecule has 0 aliphatic carbocycles. The van der Waals surface area contributed by atoms with Crippen LogP contribution in [0.2, 0.25) is 0 Å². The van der Waals surface area contributed by atoms with Gasteiger partial charge in [0.2, 0.25) is 0 Å². The Morgan fingerprint density at radius 1 is 1.09 bits per heavy atom. The maximum absolute atomic E-state index is 12.2. The van der Waals surface area contributed by atoms with Gasteiger partial charge in [0.15, 0.2) is 0 Å². The molecule has 1 aromatic carbocycles. The zero-order chi connectivity index (χ0) is 24.6. The van der Waals surface area contributed by atoms with Crippen LogP contribution in [-0.4, -0.2) is 77.0 Å². The van der Waals surface area contributed by atoms with E-state index in [0.29, 0.717) is 13.0 Å². The van der Waals surface area contributed by atoms with Crippen LogP contribution in [0, 0.1) is 0 Å². The summed E-state index contributed by atoms with van der Waals surface area (Å²) in [5, 5.41) is 21.5. The summed E-state index contributed by atoms with van der Waals surface area (Å²) in [4.78, 5) is 46.4. The minimum atomic E-state index is -0.512. The van der Waals surface area contributed by atoms with Crippen molar-refractivity contribution in [2.45, 2.75) is 63.9 Å². The van der Waals surface area contributed by atoms with Crippen LogP contribution in [0.4, 0.5) is 4.79 Å². The van der Waals surface area contributed by atoms with E-state index in [1.807, 2.05) is 51.1 Å². The zero-order valence-electron chi connectivity index (χ0n) is 18.7. The molecule has 2 aliphatic heterocycles. The van der Waals surface area contributed by atoms with Gasteiger partial charge >= 0.3 is 18.4 Å². The highest BCUT2D eigenvalue weighted by Crippen LogP contribution is 2.24. The standard InChI is InChI=1S/C16H23NO3.C4H9NO.2CO2/c1-16(2,3)20-15(19)17-11-14(18)10-13(17)9-12-7-5-4-6-8-12;6-4-1-2-5-3-4;2*2-1-3/h4-8,13-14,18H,9-11H2,1-3H3;4-6H,1-3H2;;/t13-,14-;4-;;/m01../s1. The van der Waals surface area contributed by atoms with Crippen LogP contribution in [0.3, 0.4) is 0 Å². The molecule has 10 nitrogen and oxygen atoms in total. The Bertz CT molecular complexity index is 705. The second-order valence-electron chi connectivity index (χ2n) is 8.18. The van der Waals surface area contributed by atoms with E-state index in [0.717, 1.165) is 25.9 Å². The second-order valence-corrected chi connectivity index (χ2v) is 8.18. The molecular weight excluding hydrogens is 420 g/mol.